The van der Waals surface area contributed by atoms with Crippen molar-refractivity contribution in [3.63, 3.8) is 0 Å². The number of ether oxygens (including phenoxy) is 1. The number of fused-ring (bicyclic) bond motifs is 1. The lowest BCUT2D eigenvalue weighted by Crippen LogP contribution is -2.31. The number of carbonyl (C=O) groups is 1. The molecule has 0 unspecified atom stereocenters. The van der Waals surface area contributed by atoms with Crippen molar-refractivity contribution in [1.82, 2.24) is 15.3 Å². The Hall–Kier alpha value is -2.92. The molecule has 138 valence electrons. The van der Waals surface area contributed by atoms with Gasteiger partial charge in [0.05, 0.1) is 12.2 Å². The number of H-pyrrole nitrogens is 1. The molecule has 4 rings (SSSR count). The number of nitrogens with zero attached hydrogens (tertiary/aromatic N) is 1. The van der Waals surface area contributed by atoms with Crippen LogP contribution in [-0.2, 0) is 24.2 Å². The number of pyridine rings is 1. The minimum Gasteiger partial charge on any atom is -0.377 e. The predicted octanol–water partition coefficient (Wildman–Crippen LogP) is 3.51. The Bertz CT molecular complexity index is 918. The Kier molecular flexibility index (Phi) is 5.30. The Labute approximate surface area is 158 Å². The second kappa shape index (κ2) is 8.18. The molecule has 1 amide bonds. The maximum atomic E-state index is 11.9. The molecule has 0 aliphatic carbocycles. The van der Waals surface area contributed by atoms with Gasteiger partial charge >= 0.3 is 0 Å². The highest BCUT2D eigenvalue weighted by molar-refractivity contribution is 5.97. The maximum absolute atomic E-state index is 11.9. The number of rotatable bonds is 7. The first-order chi connectivity index (χ1) is 13.3. The van der Waals surface area contributed by atoms with Gasteiger partial charge in [0.25, 0.3) is 5.91 Å². The van der Waals surface area contributed by atoms with E-state index in [-0.39, 0.29) is 5.91 Å². The summed E-state index contributed by atoms with van der Waals surface area (Å²) in [5.41, 5.74) is 6.03. The SMILES string of the molecule is O=C1NCCc2[nH]c(-c3ccnc(CCCOCc4ccccc4)c3)cc21. The van der Waals surface area contributed by atoms with Crippen LogP contribution in [0, 0.1) is 0 Å². The van der Waals surface area contributed by atoms with Crippen molar-refractivity contribution < 1.29 is 9.53 Å². The van der Waals surface area contributed by atoms with Crippen LogP contribution in [0.5, 0.6) is 0 Å². The first kappa shape index (κ1) is 17.5. The van der Waals surface area contributed by atoms with Gasteiger partial charge in [-0.15, -0.1) is 0 Å². The van der Waals surface area contributed by atoms with E-state index in [2.05, 4.69) is 33.5 Å². The van der Waals surface area contributed by atoms with Crippen molar-refractivity contribution in [2.45, 2.75) is 25.9 Å². The first-order valence-corrected chi connectivity index (χ1v) is 9.36. The standard InChI is InChI=1S/C22H23N3O2/c26-22-19-14-21(25-20(19)9-11-24-22)17-8-10-23-18(13-17)7-4-12-27-15-16-5-2-1-3-6-16/h1-3,5-6,8,10,13-14,25H,4,7,9,11-12,15H2,(H,24,26). The van der Waals surface area contributed by atoms with Crippen LogP contribution in [-0.4, -0.2) is 29.0 Å². The monoisotopic (exact) mass is 361 g/mol. The molecule has 2 N–H and O–H groups in total. The lowest BCUT2D eigenvalue weighted by Gasteiger charge is -2.10. The molecule has 0 radical (unpaired) electrons. The summed E-state index contributed by atoms with van der Waals surface area (Å²) in [5.74, 6) is 0.00333. The maximum Gasteiger partial charge on any atom is 0.253 e. The highest BCUT2D eigenvalue weighted by Crippen LogP contribution is 2.24. The molecular weight excluding hydrogens is 338 g/mol. The molecule has 1 aliphatic heterocycles. The molecule has 1 aliphatic rings. The van der Waals surface area contributed by atoms with Crippen LogP contribution in [0.4, 0.5) is 0 Å². The van der Waals surface area contributed by atoms with E-state index in [0.29, 0.717) is 19.8 Å². The fourth-order valence-corrected chi connectivity index (χ4v) is 3.35. The zero-order valence-electron chi connectivity index (χ0n) is 15.2. The van der Waals surface area contributed by atoms with E-state index in [9.17, 15) is 4.79 Å². The zero-order valence-corrected chi connectivity index (χ0v) is 15.2. The van der Waals surface area contributed by atoms with Crippen LogP contribution >= 0.6 is 0 Å². The lowest BCUT2D eigenvalue weighted by molar-refractivity contribution is 0.0946. The number of carbonyl (C=O) groups excluding carboxylic acids is 1. The molecule has 3 aromatic rings. The molecule has 27 heavy (non-hydrogen) atoms. The van der Waals surface area contributed by atoms with E-state index in [1.807, 2.05) is 36.5 Å². The van der Waals surface area contributed by atoms with Crippen LogP contribution in [0.1, 0.15) is 33.7 Å². The van der Waals surface area contributed by atoms with Crippen LogP contribution < -0.4 is 5.32 Å². The predicted molar refractivity (Wildman–Crippen MR) is 104 cm³/mol. The van der Waals surface area contributed by atoms with E-state index >= 15 is 0 Å². The molecular formula is C22H23N3O2. The van der Waals surface area contributed by atoms with E-state index in [0.717, 1.165) is 47.5 Å². The third kappa shape index (κ3) is 4.26. The summed E-state index contributed by atoms with van der Waals surface area (Å²) >= 11 is 0. The number of amides is 1. The third-order valence-electron chi connectivity index (χ3n) is 4.77. The average Bonchev–Trinajstić information content (AvgIpc) is 3.15. The molecule has 1 aromatic carbocycles. The Morgan fingerprint density at radius 3 is 2.85 bits per heavy atom. The van der Waals surface area contributed by atoms with Gasteiger partial charge in [0.15, 0.2) is 0 Å². The van der Waals surface area contributed by atoms with Crippen molar-refractivity contribution >= 4 is 5.91 Å². The summed E-state index contributed by atoms with van der Waals surface area (Å²) in [7, 11) is 0. The van der Waals surface area contributed by atoms with E-state index < -0.39 is 0 Å². The molecule has 0 atom stereocenters. The number of benzene rings is 1. The van der Waals surface area contributed by atoms with Crippen LogP contribution in [0.15, 0.2) is 54.7 Å². The van der Waals surface area contributed by atoms with Gasteiger partial charge in [0.2, 0.25) is 0 Å². The van der Waals surface area contributed by atoms with E-state index in [1.54, 1.807) is 0 Å². The van der Waals surface area contributed by atoms with E-state index in [1.165, 1.54) is 5.56 Å². The number of hydrogen-bond acceptors (Lipinski definition) is 3. The van der Waals surface area contributed by atoms with Crippen LogP contribution in [0.2, 0.25) is 0 Å². The van der Waals surface area contributed by atoms with Crippen molar-refractivity contribution in [3.05, 3.63) is 77.2 Å². The topological polar surface area (TPSA) is 67.0 Å². The largest absolute Gasteiger partial charge is 0.377 e. The lowest BCUT2D eigenvalue weighted by atomic mass is 10.1. The number of aromatic nitrogens is 2. The fourth-order valence-electron chi connectivity index (χ4n) is 3.35. The van der Waals surface area contributed by atoms with Gasteiger partial charge < -0.3 is 15.0 Å². The summed E-state index contributed by atoms with van der Waals surface area (Å²) in [6.07, 6.45) is 4.46. The van der Waals surface area contributed by atoms with Gasteiger partial charge in [-0.25, -0.2) is 0 Å². The Balaban J connectivity index is 1.33. The summed E-state index contributed by atoms with van der Waals surface area (Å²) in [6, 6.07) is 16.2. The molecule has 0 fully saturated rings. The van der Waals surface area contributed by atoms with Crippen molar-refractivity contribution in [1.29, 1.82) is 0 Å². The summed E-state index contributed by atoms with van der Waals surface area (Å²) in [4.78, 5) is 19.8. The van der Waals surface area contributed by atoms with Crippen molar-refractivity contribution in [3.8, 4) is 11.3 Å². The molecule has 0 saturated heterocycles. The average molecular weight is 361 g/mol. The second-order valence-electron chi connectivity index (χ2n) is 6.76. The number of aromatic amines is 1. The summed E-state index contributed by atoms with van der Waals surface area (Å²) < 4.78 is 5.74. The Morgan fingerprint density at radius 2 is 2.00 bits per heavy atom. The Morgan fingerprint density at radius 1 is 1.11 bits per heavy atom. The van der Waals surface area contributed by atoms with Gasteiger partial charge in [0.1, 0.15) is 0 Å². The quantitative estimate of drug-likeness (QED) is 0.633. The molecule has 0 bridgehead atoms. The molecule has 2 aromatic heterocycles. The van der Waals surface area contributed by atoms with Gasteiger partial charge in [-0.05, 0) is 36.6 Å². The number of hydrogen-bond donors (Lipinski definition) is 2. The highest BCUT2D eigenvalue weighted by atomic mass is 16.5. The van der Waals surface area contributed by atoms with Crippen LogP contribution in [0.3, 0.4) is 0 Å². The molecule has 0 spiro atoms. The molecule has 3 heterocycles. The van der Waals surface area contributed by atoms with Crippen molar-refractivity contribution in [2.75, 3.05) is 13.2 Å². The summed E-state index contributed by atoms with van der Waals surface area (Å²) in [6.45, 7) is 2.04. The van der Waals surface area contributed by atoms with Gasteiger partial charge in [0, 0.05) is 48.4 Å². The molecule has 0 saturated carbocycles. The minimum absolute atomic E-state index is 0.00333. The van der Waals surface area contributed by atoms with Gasteiger partial charge in [-0.1, -0.05) is 30.3 Å². The number of nitrogens with one attached hydrogen (secondary N) is 2. The second-order valence-corrected chi connectivity index (χ2v) is 6.76. The molecule has 5 nitrogen and oxygen atoms in total. The smallest absolute Gasteiger partial charge is 0.253 e. The van der Waals surface area contributed by atoms with E-state index in [4.69, 9.17) is 4.74 Å². The fraction of sp³-hybridized carbons (Fsp3) is 0.273. The highest BCUT2D eigenvalue weighted by Gasteiger charge is 2.19. The summed E-state index contributed by atoms with van der Waals surface area (Å²) in [5, 5.41) is 2.88. The van der Waals surface area contributed by atoms with Gasteiger partial charge in [-0.2, -0.15) is 0 Å². The zero-order chi connectivity index (χ0) is 18.5. The minimum atomic E-state index is 0.00333. The van der Waals surface area contributed by atoms with Crippen molar-refractivity contribution in [2.24, 2.45) is 0 Å². The molecule has 5 heteroatoms. The third-order valence-corrected chi connectivity index (χ3v) is 4.77. The van der Waals surface area contributed by atoms with Gasteiger partial charge in [-0.3, -0.25) is 9.78 Å². The normalized spacial score (nSPS) is 13.3. The first-order valence-electron chi connectivity index (χ1n) is 9.36. The number of aryl methyl sites for hydroxylation is 1. The van der Waals surface area contributed by atoms with Crippen LogP contribution in [0.25, 0.3) is 11.3 Å².